The van der Waals surface area contributed by atoms with Crippen molar-refractivity contribution < 1.29 is 38.2 Å². The molecule has 14 heteroatoms. The molecule has 2 atom stereocenters. The van der Waals surface area contributed by atoms with E-state index in [9.17, 15) is 24.0 Å². The summed E-state index contributed by atoms with van der Waals surface area (Å²) in [6.45, 7) is 4.32. The number of hydrogen-bond acceptors (Lipinski definition) is 9. The Labute approximate surface area is 378 Å². The second-order valence-electron chi connectivity index (χ2n) is 17.1. The molecule has 8 rings (SSSR count). The number of methoxy groups -OCH3 is 1. The van der Waals surface area contributed by atoms with Crippen molar-refractivity contribution in [3.05, 3.63) is 95.6 Å². The van der Waals surface area contributed by atoms with Crippen molar-refractivity contribution in [2.24, 2.45) is 4.99 Å². The van der Waals surface area contributed by atoms with Gasteiger partial charge in [0.15, 0.2) is 11.5 Å². The Morgan fingerprint density at radius 3 is 2.38 bits per heavy atom. The van der Waals surface area contributed by atoms with Crippen LogP contribution in [0.15, 0.2) is 83.9 Å². The van der Waals surface area contributed by atoms with Crippen molar-refractivity contribution in [1.29, 1.82) is 0 Å². The lowest BCUT2D eigenvalue weighted by Crippen LogP contribution is -2.45. The standard InChI is InChI=1S/C50H54ClN5O8/c1-50-22-11-24-56(50)49(61)38-26-42(62-2)43(27-39(38)52-32-50)63-25-10-4-6-15-45(58)55-30-34(29-51)48-37-13-8-7-12-36(37)41(28-40(48)55)64-31-33-16-18-35(19-17-33)53-44(57)14-5-3-9-23-54-46(59)20-21-47(54)60/h7-8,12-13,16-21,26-28,32,34H,3-6,9-11,14-15,22-25,29-31H2,1-2H3,(H,53,57). The van der Waals surface area contributed by atoms with Crippen LogP contribution < -0.4 is 24.4 Å². The normalized spacial score (nSPS) is 18.6. The first-order valence-electron chi connectivity index (χ1n) is 22.3. The largest absolute Gasteiger partial charge is 0.493 e. The fourth-order valence-electron chi connectivity index (χ4n) is 9.13. The third-order valence-electron chi connectivity index (χ3n) is 12.6. The van der Waals surface area contributed by atoms with E-state index in [4.69, 9.17) is 30.8 Å². The Morgan fingerprint density at radius 2 is 1.61 bits per heavy atom. The van der Waals surface area contributed by atoms with E-state index in [2.05, 4.69) is 18.3 Å². The number of fused-ring (bicyclic) bond motifs is 5. The molecule has 4 aromatic rings. The lowest BCUT2D eigenvalue weighted by Gasteiger charge is -2.30. The number of benzene rings is 4. The summed E-state index contributed by atoms with van der Waals surface area (Å²) in [5, 5.41) is 4.90. The monoisotopic (exact) mass is 887 g/mol. The van der Waals surface area contributed by atoms with E-state index in [1.165, 1.54) is 17.1 Å². The molecule has 0 saturated carbocycles. The molecule has 1 saturated heterocycles. The fourth-order valence-corrected chi connectivity index (χ4v) is 9.38. The van der Waals surface area contributed by atoms with Gasteiger partial charge in [0, 0.05) is 85.8 Å². The minimum absolute atomic E-state index is 0.0188. The number of amides is 5. The Kier molecular flexibility index (Phi) is 13.6. The number of unbranched alkanes of at least 4 members (excludes halogenated alkanes) is 4. The lowest BCUT2D eigenvalue weighted by molar-refractivity contribution is -0.137. The number of hydrogen-bond donors (Lipinski definition) is 1. The zero-order valence-corrected chi connectivity index (χ0v) is 37.2. The second kappa shape index (κ2) is 19.7. The van der Waals surface area contributed by atoms with Crippen molar-refractivity contribution in [3.63, 3.8) is 0 Å². The van der Waals surface area contributed by atoms with Gasteiger partial charge in [0.1, 0.15) is 12.4 Å². The first kappa shape index (κ1) is 44.4. The summed E-state index contributed by atoms with van der Waals surface area (Å²) in [4.78, 5) is 73.0. The fraction of sp³-hybridized carbons (Fsp3) is 0.400. The van der Waals surface area contributed by atoms with Crippen LogP contribution in [0.1, 0.15) is 98.5 Å². The lowest BCUT2D eigenvalue weighted by atomic mass is 9.95. The van der Waals surface area contributed by atoms with Crippen LogP contribution in [0.25, 0.3) is 10.8 Å². The molecule has 4 aliphatic rings. The number of carbonyl (C=O) groups is 5. The first-order valence-corrected chi connectivity index (χ1v) is 22.8. The molecule has 0 radical (unpaired) electrons. The number of alkyl halides is 1. The van der Waals surface area contributed by atoms with Gasteiger partial charge < -0.3 is 29.3 Å². The highest BCUT2D eigenvalue weighted by atomic mass is 35.5. The third-order valence-corrected chi connectivity index (χ3v) is 13.0. The topological polar surface area (TPSA) is 147 Å². The maximum Gasteiger partial charge on any atom is 0.256 e. The van der Waals surface area contributed by atoms with Crippen molar-refractivity contribution in [2.75, 3.05) is 49.4 Å². The van der Waals surface area contributed by atoms with E-state index in [0.29, 0.717) is 98.4 Å². The maximum atomic E-state index is 13.9. The molecule has 334 valence electrons. The molecular formula is C50H54ClN5O8. The summed E-state index contributed by atoms with van der Waals surface area (Å²) in [6.07, 6.45) is 11.2. The number of rotatable bonds is 19. The van der Waals surface area contributed by atoms with Gasteiger partial charge >= 0.3 is 0 Å². The molecular weight excluding hydrogens is 834 g/mol. The van der Waals surface area contributed by atoms with Gasteiger partial charge in [-0.1, -0.05) is 42.8 Å². The number of nitrogens with one attached hydrogen (secondary N) is 1. The van der Waals surface area contributed by atoms with E-state index in [1.54, 1.807) is 19.2 Å². The number of ether oxygens (including phenoxy) is 3. The minimum atomic E-state index is -0.391. The Bertz CT molecular complexity index is 2490. The molecule has 4 heterocycles. The van der Waals surface area contributed by atoms with Crippen molar-refractivity contribution in [1.82, 2.24) is 9.80 Å². The number of aliphatic imine (C=N–C) groups is 1. The molecule has 1 N–H and O–H groups in total. The van der Waals surface area contributed by atoms with E-state index >= 15 is 0 Å². The van der Waals surface area contributed by atoms with Crippen LogP contribution in [0.5, 0.6) is 17.2 Å². The van der Waals surface area contributed by atoms with Crippen LogP contribution in [0.4, 0.5) is 17.1 Å². The Hall–Kier alpha value is -6.21. The summed E-state index contributed by atoms with van der Waals surface area (Å²) in [5.74, 6) is 1.37. The maximum absolute atomic E-state index is 13.9. The molecule has 64 heavy (non-hydrogen) atoms. The second-order valence-corrected chi connectivity index (χ2v) is 17.4. The van der Waals surface area contributed by atoms with Gasteiger partial charge in [0.2, 0.25) is 11.8 Å². The molecule has 13 nitrogen and oxygen atoms in total. The van der Waals surface area contributed by atoms with Crippen molar-refractivity contribution in [3.8, 4) is 17.2 Å². The van der Waals surface area contributed by atoms with Crippen LogP contribution in [-0.4, -0.2) is 90.3 Å². The highest BCUT2D eigenvalue weighted by molar-refractivity contribution is 6.19. The third kappa shape index (κ3) is 9.50. The molecule has 0 spiro atoms. The van der Waals surface area contributed by atoms with E-state index < -0.39 is 5.54 Å². The van der Waals surface area contributed by atoms with Crippen LogP contribution in [0.2, 0.25) is 0 Å². The van der Waals surface area contributed by atoms with Gasteiger partial charge in [-0.3, -0.25) is 33.9 Å². The Balaban J connectivity index is 0.832. The van der Waals surface area contributed by atoms with E-state index in [-0.39, 0.29) is 42.1 Å². The zero-order chi connectivity index (χ0) is 44.8. The van der Waals surface area contributed by atoms with Gasteiger partial charge in [0.05, 0.1) is 36.2 Å². The van der Waals surface area contributed by atoms with Gasteiger partial charge in [0.25, 0.3) is 17.7 Å². The summed E-state index contributed by atoms with van der Waals surface area (Å²) in [7, 11) is 1.57. The number of halogens is 1. The van der Waals surface area contributed by atoms with Gasteiger partial charge in [-0.25, -0.2) is 0 Å². The van der Waals surface area contributed by atoms with Gasteiger partial charge in [-0.15, -0.1) is 11.6 Å². The first-order chi connectivity index (χ1) is 31.1. The summed E-state index contributed by atoms with van der Waals surface area (Å²) >= 11 is 6.55. The van der Waals surface area contributed by atoms with Crippen LogP contribution >= 0.6 is 11.6 Å². The number of imide groups is 1. The highest BCUT2D eigenvalue weighted by Crippen LogP contribution is 2.46. The smallest absolute Gasteiger partial charge is 0.256 e. The summed E-state index contributed by atoms with van der Waals surface area (Å²) in [6, 6.07) is 21.1. The molecule has 1 fully saturated rings. The predicted molar refractivity (Wildman–Crippen MR) is 247 cm³/mol. The zero-order valence-electron chi connectivity index (χ0n) is 36.4. The number of anilines is 2. The molecule has 4 aromatic carbocycles. The molecule has 4 aliphatic heterocycles. The summed E-state index contributed by atoms with van der Waals surface area (Å²) in [5.41, 5.74) is 4.18. The Morgan fingerprint density at radius 1 is 0.859 bits per heavy atom. The quantitative estimate of drug-likeness (QED) is 0.0558. The van der Waals surface area contributed by atoms with Crippen molar-refractivity contribution in [2.45, 2.75) is 89.2 Å². The van der Waals surface area contributed by atoms with Gasteiger partial charge in [-0.05, 0) is 86.6 Å². The molecule has 0 aliphatic carbocycles. The number of carbonyl (C=O) groups excluding carboxylic acids is 5. The highest BCUT2D eigenvalue weighted by Gasteiger charge is 2.41. The van der Waals surface area contributed by atoms with Crippen LogP contribution in [0, 0.1) is 0 Å². The summed E-state index contributed by atoms with van der Waals surface area (Å²) < 4.78 is 18.2. The van der Waals surface area contributed by atoms with E-state index in [1.807, 2.05) is 64.5 Å². The predicted octanol–water partition coefficient (Wildman–Crippen LogP) is 8.87. The molecule has 5 amide bonds. The molecule has 2 unspecified atom stereocenters. The van der Waals surface area contributed by atoms with E-state index in [0.717, 1.165) is 59.7 Å². The van der Waals surface area contributed by atoms with Crippen LogP contribution in [-0.2, 0) is 25.8 Å². The van der Waals surface area contributed by atoms with Gasteiger partial charge in [-0.2, -0.15) is 0 Å². The SMILES string of the molecule is COc1cc2c(cc1OCCCCCC(=O)N1CC(CCl)c3c1cc(OCc1ccc(NC(=O)CCCCCN4C(=O)C=CC4=O)cc1)c1ccccc31)N=CC1(C)CCCN1C2=O. The molecule has 0 aromatic heterocycles. The van der Waals surface area contributed by atoms with Crippen molar-refractivity contribution >= 4 is 75.2 Å². The molecule has 0 bridgehead atoms. The minimum Gasteiger partial charge on any atom is -0.493 e. The average molecular weight is 888 g/mol. The average Bonchev–Trinajstić information content (AvgIpc) is 3.97. The number of nitrogens with zero attached hydrogens (tertiary/aromatic N) is 4. The van der Waals surface area contributed by atoms with Crippen LogP contribution in [0.3, 0.4) is 0 Å².